The van der Waals surface area contributed by atoms with Crippen molar-refractivity contribution in [1.82, 2.24) is 14.7 Å². The molecule has 0 aliphatic rings. The molecule has 1 aromatic carbocycles. The summed E-state index contributed by atoms with van der Waals surface area (Å²) < 4.78 is 6.69. The number of aromatic nitrogens is 3. The van der Waals surface area contributed by atoms with Crippen molar-refractivity contribution in [2.75, 3.05) is 0 Å². The Bertz CT molecular complexity index is 806. The molecule has 0 saturated carbocycles. The zero-order chi connectivity index (χ0) is 14.1. The minimum absolute atomic E-state index is 0.0878. The van der Waals surface area contributed by atoms with E-state index in [0.717, 1.165) is 11.1 Å². The summed E-state index contributed by atoms with van der Waals surface area (Å²) in [6, 6.07) is 10.3. The van der Waals surface area contributed by atoms with E-state index >= 15 is 0 Å². The number of rotatable bonds is 2. The Labute approximate surface area is 119 Å². The normalized spacial score (nSPS) is 10.7. The van der Waals surface area contributed by atoms with Gasteiger partial charge in [0.15, 0.2) is 0 Å². The highest BCUT2D eigenvalue weighted by molar-refractivity contribution is 6.30. The fourth-order valence-corrected chi connectivity index (χ4v) is 1.90. The van der Waals surface area contributed by atoms with Crippen molar-refractivity contribution in [2.45, 2.75) is 0 Å². The second-order valence-electron chi connectivity index (χ2n) is 4.30. The maximum absolute atomic E-state index is 11.3. The smallest absolute Gasteiger partial charge is 0.258 e. The molecule has 0 saturated heterocycles. The number of benzene rings is 1. The summed E-state index contributed by atoms with van der Waals surface area (Å²) in [7, 11) is 1.67. The van der Waals surface area contributed by atoms with Gasteiger partial charge in [0.05, 0.1) is 0 Å². The summed E-state index contributed by atoms with van der Waals surface area (Å²) in [5.41, 5.74) is 1.42. The number of hydrogen-bond acceptors (Lipinski definition) is 4. The van der Waals surface area contributed by atoms with E-state index in [2.05, 4.69) is 10.1 Å². The maximum atomic E-state index is 11.3. The molecule has 0 fully saturated rings. The predicted molar refractivity (Wildman–Crippen MR) is 75.4 cm³/mol. The number of halogens is 1. The summed E-state index contributed by atoms with van der Waals surface area (Å²) in [5.74, 6) is 0.844. The summed E-state index contributed by atoms with van der Waals surface area (Å²) >= 11 is 5.83. The van der Waals surface area contributed by atoms with Crippen LogP contribution in [-0.4, -0.2) is 14.7 Å². The number of hydrogen-bond donors (Lipinski definition) is 0. The molecule has 6 heteroatoms. The first kappa shape index (κ1) is 12.6. The highest BCUT2D eigenvalue weighted by atomic mass is 35.5. The Balaban J connectivity index is 1.99. The van der Waals surface area contributed by atoms with Crippen molar-refractivity contribution in [1.29, 1.82) is 0 Å². The maximum Gasteiger partial charge on any atom is 0.258 e. The van der Waals surface area contributed by atoms with Gasteiger partial charge >= 0.3 is 0 Å². The van der Waals surface area contributed by atoms with Gasteiger partial charge in [0, 0.05) is 35.5 Å². The summed E-state index contributed by atoms with van der Waals surface area (Å²) in [6.45, 7) is 0. The van der Waals surface area contributed by atoms with Crippen molar-refractivity contribution in [3.8, 4) is 22.8 Å². The molecule has 0 radical (unpaired) electrons. The van der Waals surface area contributed by atoms with Gasteiger partial charge in [-0.05, 0) is 30.3 Å². The zero-order valence-electron chi connectivity index (χ0n) is 10.6. The van der Waals surface area contributed by atoms with Gasteiger partial charge < -0.3 is 9.09 Å². The van der Waals surface area contributed by atoms with Crippen LogP contribution in [-0.2, 0) is 7.05 Å². The van der Waals surface area contributed by atoms with Crippen molar-refractivity contribution in [3.05, 3.63) is 58.0 Å². The van der Waals surface area contributed by atoms with Gasteiger partial charge in [-0.2, -0.15) is 4.98 Å². The topological polar surface area (TPSA) is 60.9 Å². The van der Waals surface area contributed by atoms with Crippen LogP contribution < -0.4 is 5.56 Å². The van der Waals surface area contributed by atoms with E-state index in [0.29, 0.717) is 16.7 Å². The second kappa shape index (κ2) is 4.94. The second-order valence-corrected chi connectivity index (χ2v) is 4.73. The monoisotopic (exact) mass is 287 g/mol. The minimum atomic E-state index is -0.0878. The van der Waals surface area contributed by atoms with Gasteiger partial charge in [-0.3, -0.25) is 4.79 Å². The van der Waals surface area contributed by atoms with Gasteiger partial charge in [0.2, 0.25) is 11.4 Å². The predicted octanol–water partition coefficient (Wildman–Crippen LogP) is 2.76. The molecule has 2 aromatic heterocycles. The van der Waals surface area contributed by atoms with Crippen LogP contribution in [0.3, 0.4) is 0 Å². The molecule has 5 nitrogen and oxygen atoms in total. The fraction of sp³-hybridized carbons (Fsp3) is 0.0714. The lowest BCUT2D eigenvalue weighted by atomic mass is 10.2. The molecule has 0 atom stereocenters. The van der Waals surface area contributed by atoms with Crippen molar-refractivity contribution in [2.24, 2.45) is 7.05 Å². The van der Waals surface area contributed by atoms with Crippen LogP contribution >= 0.6 is 11.6 Å². The molecule has 3 aromatic rings. The molecule has 3 rings (SSSR count). The van der Waals surface area contributed by atoms with Gasteiger partial charge in [-0.15, -0.1) is 0 Å². The van der Waals surface area contributed by atoms with E-state index < -0.39 is 0 Å². The largest absolute Gasteiger partial charge is 0.334 e. The summed E-state index contributed by atoms with van der Waals surface area (Å²) in [5, 5.41) is 4.57. The Morgan fingerprint density at radius 3 is 2.50 bits per heavy atom. The van der Waals surface area contributed by atoms with Crippen LogP contribution in [0.5, 0.6) is 0 Å². The third-order valence-electron chi connectivity index (χ3n) is 2.86. The molecule has 2 heterocycles. The minimum Gasteiger partial charge on any atom is -0.334 e. The van der Waals surface area contributed by atoms with Gasteiger partial charge in [0.25, 0.3) is 5.89 Å². The van der Waals surface area contributed by atoms with E-state index in [1.807, 2.05) is 0 Å². The van der Waals surface area contributed by atoms with Crippen LogP contribution in [0.2, 0.25) is 5.02 Å². The first-order valence-electron chi connectivity index (χ1n) is 5.90. The highest BCUT2D eigenvalue weighted by Crippen LogP contribution is 2.22. The molecule has 0 spiro atoms. The SMILES string of the molecule is Cn1cc(-c2noc(-c3ccc(Cl)cc3)n2)ccc1=O. The standard InChI is InChI=1S/C14H10ClN3O2/c1-18-8-10(4-7-12(18)19)13-16-14(20-17-13)9-2-5-11(15)6-3-9/h2-8H,1H3. The number of aryl methyl sites for hydroxylation is 1. The molecule has 100 valence electrons. The molecular formula is C14H10ClN3O2. The summed E-state index contributed by atoms with van der Waals surface area (Å²) in [4.78, 5) is 15.7. The fourth-order valence-electron chi connectivity index (χ4n) is 1.78. The van der Waals surface area contributed by atoms with Crippen LogP contribution in [0.1, 0.15) is 0 Å². The Hall–Kier alpha value is -2.40. The molecule has 0 unspecified atom stereocenters. The van der Waals surface area contributed by atoms with E-state index in [9.17, 15) is 4.79 Å². The zero-order valence-corrected chi connectivity index (χ0v) is 11.3. The van der Waals surface area contributed by atoms with Gasteiger partial charge in [0.1, 0.15) is 0 Å². The number of pyridine rings is 1. The van der Waals surface area contributed by atoms with E-state index in [-0.39, 0.29) is 5.56 Å². The quantitative estimate of drug-likeness (QED) is 0.727. The first-order chi connectivity index (χ1) is 9.63. The van der Waals surface area contributed by atoms with Crippen LogP contribution in [0.25, 0.3) is 22.8 Å². The third kappa shape index (κ3) is 2.35. The lowest BCUT2D eigenvalue weighted by molar-refractivity contribution is 0.432. The molecule has 0 N–H and O–H groups in total. The lowest BCUT2D eigenvalue weighted by Crippen LogP contribution is -2.14. The number of nitrogens with zero attached hydrogens (tertiary/aromatic N) is 3. The van der Waals surface area contributed by atoms with Crippen LogP contribution in [0, 0.1) is 0 Å². The molecular weight excluding hydrogens is 278 g/mol. The van der Waals surface area contributed by atoms with E-state index in [1.165, 1.54) is 10.6 Å². The molecule has 20 heavy (non-hydrogen) atoms. The molecule has 0 amide bonds. The van der Waals surface area contributed by atoms with Crippen LogP contribution in [0.15, 0.2) is 51.9 Å². The molecule has 0 aliphatic heterocycles. The summed E-state index contributed by atoms with van der Waals surface area (Å²) in [6.07, 6.45) is 1.67. The van der Waals surface area contributed by atoms with Gasteiger partial charge in [-0.1, -0.05) is 16.8 Å². The van der Waals surface area contributed by atoms with E-state index in [1.54, 1.807) is 43.6 Å². The Kier molecular flexibility index (Phi) is 3.12. The lowest BCUT2D eigenvalue weighted by Gasteiger charge is -1.98. The molecule has 0 bridgehead atoms. The first-order valence-corrected chi connectivity index (χ1v) is 6.28. The molecule has 0 aliphatic carbocycles. The Morgan fingerprint density at radius 1 is 1.10 bits per heavy atom. The highest BCUT2D eigenvalue weighted by Gasteiger charge is 2.11. The van der Waals surface area contributed by atoms with Gasteiger partial charge in [-0.25, -0.2) is 0 Å². The van der Waals surface area contributed by atoms with E-state index in [4.69, 9.17) is 16.1 Å². The van der Waals surface area contributed by atoms with Crippen molar-refractivity contribution in [3.63, 3.8) is 0 Å². The third-order valence-corrected chi connectivity index (χ3v) is 3.11. The van der Waals surface area contributed by atoms with Crippen molar-refractivity contribution >= 4 is 11.6 Å². The van der Waals surface area contributed by atoms with Crippen LogP contribution in [0.4, 0.5) is 0 Å². The van der Waals surface area contributed by atoms with Crippen molar-refractivity contribution < 1.29 is 4.52 Å². The average molecular weight is 288 g/mol. The Morgan fingerprint density at radius 2 is 1.80 bits per heavy atom. The average Bonchev–Trinajstić information content (AvgIpc) is 2.92.